The maximum absolute atomic E-state index is 5.32. The maximum Gasteiger partial charge on any atom is 0.107 e. The van der Waals surface area contributed by atoms with Gasteiger partial charge in [0.05, 0.1) is 6.61 Å². The second kappa shape index (κ2) is 9.91. The number of thioether (sulfide) groups is 1. The van der Waals surface area contributed by atoms with Crippen molar-refractivity contribution in [2.75, 3.05) is 6.61 Å². The Kier molecular flexibility index (Phi) is 8.49. The molecular weight excluding hydrogens is 264 g/mol. The SMILES string of the molecule is C#CCOCc1ccc(SC(C)CCCC(C)C)cc1. The highest BCUT2D eigenvalue weighted by atomic mass is 32.2. The molecule has 0 saturated carbocycles. The van der Waals surface area contributed by atoms with Crippen molar-refractivity contribution in [3.63, 3.8) is 0 Å². The molecule has 0 saturated heterocycles. The zero-order chi connectivity index (χ0) is 14.8. The van der Waals surface area contributed by atoms with Gasteiger partial charge in [-0.25, -0.2) is 0 Å². The summed E-state index contributed by atoms with van der Waals surface area (Å²) in [6.45, 7) is 7.87. The molecule has 1 unspecified atom stereocenters. The minimum atomic E-state index is 0.378. The lowest BCUT2D eigenvalue weighted by molar-refractivity contribution is 0.153. The van der Waals surface area contributed by atoms with Crippen molar-refractivity contribution < 1.29 is 4.74 Å². The fourth-order valence-corrected chi connectivity index (χ4v) is 3.04. The predicted molar refractivity (Wildman–Crippen MR) is 88.9 cm³/mol. The summed E-state index contributed by atoms with van der Waals surface area (Å²) in [6, 6.07) is 8.61. The van der Waals surface area contributed by atoms with Gasteiger partial charge in [0.1, 0.15) is 6.61 Å². The summed E-state index contributed by atoms with van der Waals surface area (Å²) >= 11 is 1.96. The van der Waals surface area contributed by atoms with E-state index in [4.69, 9.17) is 11.2 Å². The molecule has 20 heavy (non-hydrogen) atoms. The van der Waals surface area contributed by atoms with Crippen LogP contribution >= 0.6 is 11.8 Å². The van der Waals surface area contributed by atoms with Crippen LogP contribution in [0.4, 0.5) is 0 Å². The van der Waals surface area contributed by atoms with Crippen LogP contribution in [-0.4, -0.2) is 11.9 Å². The van der Waals surface area contributed by atoms with Crippen LogP contribution in [0.15, 0.2) is 29.2 Å². The Balaban J connectivity index is 2.31. The molecule has 0 radical (unpaired) electrons. The van der Waals surface area contributed by atoms with Crippen LogP contribution in [0.2, 0.25) is 0 Å². The number of benzene rings is 1. The molecule has 2 heteroatoms. The zero-order valence-electron chi connectivity index (χ0n) is 12.9. The molecule has 0 aliphatic heterocycles. The van der Waals surface area contributed by atoms with E-state index in [9.17, 15) is 0 Å². The zero-order valence-corrected chi connectivity index (χ0v) is 13.7. The topological polar surface area (TPSA) is 9.23 Å². The van der Waals surface area contributed by atoms with Crippen LogP contribution in [0.3, 0.4) is 0 Å². The average Bonchev–Trinajstić information content (AvgIpc) is 2.40. The van der Waals surface area contributed by atoms with Crippen LogP contribution in [0.25, 0.3) is 0 Å². The Morgan fingerprint density at radius 3 is 2.45 bits per heavy atom. The number of terminal acetylenes is 1. The van der Waals surface area contributed by atoms with Crippen LogP contribution in [0.5, 0.6) is 0 Å². The molecule has 110 valence electrons. The molecule has 0 heterocycles. The van der Waals surface area contributed by atoms with Gasteiger partial charge in [-0.15, -0.1) is 18.2 Å². The van der Waals surface area contributed by atoms with Crippen molar-refractivity contribution in [1.82, 2.24) is 0 Å². The number of hydrogen-bond donors (Lipinski definition) is 0. The van der Waals surface area contributed by atoms with E-state index in [0.29, 0.717) is 18.5 Å². The van der Waals surface area contributed by atoms with E-state index in [1.807, 2.05) is 11.8 Å². The van der Waals surface area contributed by atoms with Crippen LogP contribution in [0, 0.1) is 18.3 Å². The third-order valence-electron chi connectivity index (χ3n) is 3.11. The summed E-state index contributed by atoms with van der Waals surface area (Å²) in [5.74, 6) is 3.29. The summed E-state index contributed by atoms with van der Waals surface area (Å²) in [5, 5.41) is 0.678. The molecule has 1 atom stereocenters. The summed E-state index contributed by atoms with van der Waals surface area (Å²) < 4.78 is 5.32. The molecule has 0 N–H and O–H groups in total. The minimum Gasteiger partial charge on any atom is -0.364 e. The molecule has 1 aromatic carbocycles. The Bertz CT molecular complexity index is 402. The first-order chi connectivity index (χ1) is 9.61. The standard InChI is InChI=1S/C18H26OS/c1-5-13-19-14-17-9-11-18(12-10-17)20-16(4)8-6-7-15(2)3/h1,9-12,15-16H,6-8,13-14H2,2-4H3. The largest absolute Gasteiger partial charge is 0.364 e. The van der Waals surface area contributed by atoms with Crippen LogP contribution < -0.4 is 0 Å². The van der Waals surface area contributed by atoms with Gasteiger partial charge >= 0.3 is 0 Å². The smallest absolute Gasteiger partial charge is 0.107 e. The molecule has 0 amide bonds. The van der Waals surface area contributed by atoms with Gasteiger partial charge in [-0.3, -0.25) is 0 Å². The number of hydrogen-bond acceptors (Lipinski definition) is 2. The van der Waals surface area contributed by atoms with Gasteiger partial charge in [0.2, 0.25) is 0 Å². The third kappa shape index (κ3) is 7.62. The third-order valence-corrected chi connectivity index (χ3v) is 4.29. The molecule has 0 aliphatic carbocycles. The highest BCUT2D eigenvalue weighted by Gasteiger charge is 2.05. The summed E-state index contributed by atoms with van der Waals surface area (Å²) in [6.07, 6.45) is 9.09. The molecule has 0 spiro atoms. The van der Waals surface area contributed by atoms with Crippen molar-refractivity contribution in [2.24, 2.45) is 5.92 Å². The van der Waals surface area contributed by atoms with E-state index < -0.39 is 0 Å². The van der Waals surface area contributed by atoms with Crippen molar-refractivity contribution >= 4 is 11.8 Å². The quantitative estimate of drug-likeness (QED) is 0.354. The predicted octanol–water partition coefficient (Wildman–Crippen LogP) is 5.14. The van der Waals surface area contributed by atoms with E-state index in [1.54, 1.807) is 0 Å². The van der Waals surface area contributed by atoms with Crippen LogP contribution in [-0.2, 0) is 11.3 Å². The fraction of sp³-hybridized carbons (Fsp3) is 0.556. The summed E-state index contributed by atoms with van der Waals surface area (Å²) in [5.41, 5.74) is 1.18. The fourth-order valence-electron chi connectivity index (χ4n) is 2.00. The Morgan fingerprint density at radius 1 is 1.15 bits per heavy atom. The van der Waals surface area contributed by atoms with Crippen molar-refractivity contribution in [3.8, 4) is 12.3 Å². The Labute approximate surface area is 128 Å². The first-order valence-corrected chi connectivity index (χ1v) is 8.26. The normalized spacial score (nSPS) is 12.3. The van der Waals surface area contributed by atoms with Crippen molar-refractivity contribution in [2.45, 2.75) is 56.8 Å². The summed E-state index contributed by atoms with van der Waals surface area (Å²) in [7, 11) is 0. The van der Waals surface area contributed by atoms with Crippen molar-refractivity contribution in [1.29, 1.82) is 0 Å². The van der Waals surface area contributed by atoms with Crippen LogP contribution in [0.1, 0.15) is 45.6 Å². The van der Waals surface area contributed by atoms with Gasteiger partial charge in [-0.05, 0) is 30.0 Å². The van der Waals surface area contributed by atoms with Gasteiger partial charge in [0.15, 0.2) is 0 Å². The van der Waals surface area contributed by atoms with E-state index in [2.05, 4.69) is 51.0 Å². The second-order valence-corrected chi connectivity index (χ2v) is 7.11. The molecule has 1 aromatic rings. The van der Waals surface area contributed by atoms with Gasteiger partial charge in [-0.2, -0.15) is 0 Å². The van der Waals surface area contributed by atoms with Gasteiger partial charge in [0, 0.05) is 10.1 Å². The number of rotatable bonds is 9. The number of ether oxygens (including phenoxy) is 1. The average molecular weight is 290 g/mol. The highest BCUT2D eigenvalue weighted by molar-refractivity contribution is 7.99. The molecule has 0 fully saturated rings. The van der Waals surface area contributed by atoms with E-state index in [-0.39, 0.29) is 0 Å². The monoisotopic (exact) mass is 290 g/mol. The lowest BCUT2D eigenvalue weighted by Gasteiger charge is -2.12. The first-order valence-electron chi connectivity index (χ1n) is 7.38. The minimum absolute atomic E-state index is 0.378. The molecule has 1 nitrogen and oxygen atoms in total. The van der Waals surface area contributed by atoms with Crippen molar-refractivity contribution in [3.05, 3.63) is 29.8 Å². The Hall–Kier alpha value is -0.910. The molecule has 0 aliphatic rings. The molecule has 0 aromatic heterocycles. The van der Waals surface area contributed by atoms with E-state index in [1.165, 1.54) is 29.7 Å². The van der Waals surface area contributed by atoms with Gasteiger partial charge in [-0.1, -0.05) is 51.7 Å². The Morgan fingerprint density at radius 2 is 1.85 bits per heavy atom. The van der Waals surface area contributed by atoms with Gasteiger partial charge < -0.3 is 4.74 Å². The lowest BCUT2D eigenvalue weighted by atomic mass is 10.1. The second-order valence-electron chi connectivity index (χ2n) is 5.59. The molecule has 1 rings (SSSR count). The first kappa shape index (κ1) is 17.1. The highest BCUT2D eigenvalue weighted by Crippen LogP contribution is 2.27. The maximum atomic E-state index is 5.32. The summed E-state index contributed by atoms with van der Waals surface area (Å²) in [4.78, 5) is 1.34. The lowest BCUT2D eigenvalue weighted by Crippen LogP contribution is -1.98. The molecule has 0 bridgehead atoms. The van der Waals surface area contributed by atoms with Gasteiger partial charge in [0.25, 0.3) is 0 Å². The van der Waals surface area contributed by atoms with E-state index >= 15 is 0 Å². The van der Waals surface area contributed by atoms with E-state index in [0.717, 1.165) is 5.92 Å². The molecular formula is C18H26OS.